The fourth-order valence-electron chi connectivity index (χ4n) is 4.39. The van der Waals surface area contributed by atoms with Gasteiger partial charge in [0.1, 0.15) is 13.2 Å². The average molecular weight is 450 g/mol. The Balaban J connectivity index is 1.32. The van der Waals surface area contributed by atoms with E-state index in [4.69, 9.17) is 9.47 Å². The molecule has 170 valence electrons. The van der Waals surface area contributed by atoms with Gasteiger partial charge in [0, 0.05) is 45.3 Å². The lowest BCUT2D eigenvalue weighted by Gasteiger charge is -2.38. The zero-order valence-electron chi connectivity index (χ0n) is 18.0. The molecule has 4 rings (SSSR count). The van der Waals surface area contributed by atoms with Crippen LogP contribution in [0, 0.1) is 0 Å². The summed E-state index contributed by atoms with van der Waals surface area (Å²) >= 11 is 0. The number of nitrogens with zero attached hydrogens (tertiary/aromatic N) is 3. The molecule has 1 amide bonds. The van der Waals surface area contributed by atoms with Crippen molar-refractivity contribution in [3.8, 4) is 11.5 Å². The maximum absolute atomic E-state index is 13.0. The van der Waals surface area contributed by atoms with Crippen molar-refractivity contribution >= 4 is 22.2 Å². The van der Waals surface area contributed by atoms with Gasteiger partial charge < -0.3 is 14.4 Å². The van der Waals surface area contributed by atoms with Crippen molar-refractivity contribution in [3.05, 3.63) is 29.8 Å². The minimum absolute atomic E-state index is 0.0901. The second-order valence-corrected chi connectivity index (χ2v) is 10.3. The number of hydrogen-bond donors (Lipinski definition) is 0. The molecule has 31 heavy (non-hydrogen) atoms. The zero-order valence-corrected chi connectivity index (χ0v) is 18.8. The van der Waals surface area contributed by atoms with Crippen LogP contribution in [-0.4, -0.2) is 80.3 Å². The number of carbonyl (C=O) groups is 1. The third-order valence-electron chi connectivity index (χ3n) is 6.31. The molecule has 3 aliphatic rings. The molecule has 9 heteroatoms. The molecule has 8 nitrogen and oxygen atoms in total. The Labute approximate surface area is 184 Å². The van der Waals surface area contributed by atoms with E-state index in [-0.39, 0.29) is 11.9 Å². The van der Waals surface area contributed by atoms with Crippen LogP contribution in [-0.2, 0) is 15.0 Å². The van der Waals surface area contributed by atoms with E-state index in [1.807, 2.05) is 18.2 Å². The third-order valence-corrected chi connectivity index (χ3v) is 8.36. The smallest absolute Gasteiger partial charge is 0.282 e. The van der Waals surface area contributed by atoms with Crippen LogP contribution < -0.4 is 9.47 Å². The highest BCUT2D eigenvalue weighted by molar-refractivity contribution is 7.86. The first-order chi connectivity index (χ1) is 14.9. The van der Waals surface area contributed by atoms with Crippen molar-refractivity contribution in [1.82, 2.24) is 13.5 Å². The summed E-state index contributed by atoms with van der Waals surface area (Å²) in [6, 6.07) is 5.66. The van der Waals surface area contributed by atoms with Crippen LogP contribution in [0.3, 0.4) is 0 Å². The fraction of sp³-hybridized carbons (Fsp3) is 0.591. The molecule has 0 radical (unpaired) electrons. The highest BCUT2D eigenvalue weighted by Crippen LogP contribution is 2.31. The van der Waals surface area contributed by atoms with Gasteiger partial charge in [-0.25, -0.2) is 0 Å². The molecule has 0 bridgehead atoms. The lowest BCUT2D eigenvalue weighted by molar-refractivity contribution is -0.127. The molecule has 0 spiro atoms. The molecule has 1 saturated carbocycles. The van der Waals surface area contributed by atoms with Gasteiger partial charge >= 0.3 is 0 Å². The Morgan fingerprint density at radius 3 is 2.42 bits per heavy atom. The first-order valence-corrected chi connectivity index (χ1v) is 12.4. The van der Waals surface area contributed by atoms with E-state index < -0.39 is 10.2 Å². The van der Waals surface area contributed by atoms with Crippen LogP contribution in [0.2, 0.25) is 0 Å². The van der Waals surface area contributed by atoms with Crippen LogP contribution in [0.4, 0.5) is 0 Å². The molecule has 1 saturated heterocycles. The molecule has 0 N–H and O–H groups in total. The molecule has 0 aromatic heterocycles. The molecule has 2 aliphatic heterocycles. The molecule has 1 aliphatic carbocycles. The highest BCUT2D eigenvalue weighted by atomic mass is 32.2. The molecule has 0 atom stereocenters. The summed E-state index contributed by atoms with van der Waals surface area (Å²) in [5.41, 5.74) is 0.855. The summed E-state index contributed by atoms with van der Waals surface area (Å²) < 4.78 is 40.1. The van der Waals surface area contributed by atoms with Crippen LogP contribution in [0.5, 0.6) is 11.5 Å². The summed E-state index contributed by atoms with van der Waals surface area (Å²) in [6.45, 7) is 2.48. The van der Waals surface area contributed by atoms with Crippen molar-refractivity contribution < 1.29 is 22.7 Å². The second-order valence-electron chi connectivity index (χ2n) is 8.28. The minimum Gasteiger partial charge on any atom is -0.486 e. The van der Waals surface area contributed by atoms with Gasteiger partial charge in [-0.05, 0) is 36.6 Å². The number of rotatable bonds is 5. The first kappa shape index (κ1) is 22.1. The summed E-state index contributed by atoms with van der Waals surface area (Å²) in [5.74, 6) is 1.28. The van der Waals surface area contributed by atoms with E-state index in [1.54, 1.807) is 22.3 Å². The Morgan fingerprint density at radius 2 is 1.71 bits per heavy atom. The Hall–Kier alpha value is -2.10. The maximum Gasteiger partial charge on any atom is 0.282 e. The van der Waals surface area contributed by atoms with Gasteiger partial charge in [0.25, 0.3) is 10.2 Å². The minimum atomic E-state index is -3.49. The normalized spacial score (nSPS) is 21.0. The molecule has 1 aromatic carbocycles. The topological polar surface area (TPSA) is 79.4 Å². The Morgan fingerprint density at radius 1 is 1.03 bits per heavy atom. The van der Waals surface area contributed by atoms with Crippen LogP contribution in [0.25, 0.3) is 6.08 Å². The van der Waals surface area contributed by atoms with E-state index in [1.165, 1.54) is 16.8 Å². The van der Waals surface area contributed by atoms with Gasteiger partial charge in [-0.3, -0.25) is 4.79 Å². The number of hydrogen-bond acceptors (Lipinski definition) is 5. The van der Waals surface area contributed by atoms with Crippen molar-refractivity contribution in [1.29, 1.82) is 0 Å². The van der Waals surface area contributed by atoms with Crippen LogP contribution >= 0.6 is 0 Å². The van der Waals surface area contributed by atoms with Gasteiger partial charge in [-0.1, -0.05) is 25.3 Å². The zero-order chi connectivity index (χ0) is 21.8. The molecular formula is C22H31N3O5S. The monoisotopic (exact) mass is 449 g/mol. The van der Waals surface area contributed by atoms with Gasteiger partial charge in [-0.15, -0.1) is 0 Å². The number of carbonyl (C=O) groups excluding carboxylic acids is 1. The summed E-state index contributed by atoms with van der Waals surface area (Å²) in [7, 11) is -1.80. The van der Waals surface area contributed by atoms with Crippen molar-refractivity contribution in [2.45, 2.75) is 38.1 Å². The number of fused-ring (bicyclic) bond motifs is 1. The summed E-state index contributed by atoms with van der Waals surface area (Å²) in [6.07, 6.45) is 8.50. The van der Waals surface area contributed by atoms with E-state index in [9.17, 15) is 13.2 Å². The Kier molecular flexibility index (Phi) is 6.83. The lowest BCUT2D eigenvalue weighted by atomic mass is 9.96. The third kappa shape index (κ3) is 5.05. The van der Waals surface area contributed by atoms with Gasteiger partial charge in [0.15, 0.2) is 11.5 Å². The van der Waals surface area contributed by atoms with Crippen LogP contribution in [0.1, 0.15) is 37.7 Å². The van der Waals surface area contributed by atoms with E-state index in [2.05, 4.69) is 0 Å². The number of benzene rings is 1. The summed E-state index contributed by atoms with van der Waals surface area (Å²) in [5, 5.41) is 0. The lowest BCUT2D eigenvalue weighted by Crippen LogP contribution is -2.55. The van der Waals surface area contributed by atoms with Crippen molar-refractivity contribution in [2.24, 2.45) is 0 Å². The van der Waals surface area contributed by atoms with Crippen molar-refractivity contribution in [2.75, 3.05) is 46.4 Å². The van der Waals surface area contributed by atoms with E-state index in [0.717, 1.165) is 31.2 Å². The predicted molar refractivity (Wildman–Crippen MR) is 118 cm³/mol. The first-order valence-electron chi connectivity index (χ1n) is 11.0. The predicted octanol–water partition coefficient (Wildman–Crippen LogP) is 2.12. The molecule has 1 aromatic rings. The molecule has 2 heterocycles. The SMILES string of the molecule is CN(C1CCCCC1)S(=O)(=O)N1CCN(C(=O)/C=C/c2ccc3c(c2)OCCO3)CC1. The number of ether oxygens (including phenoxy) is 2. The number of amides is 1. The van der Waals surface area contributed by atoms with Gasteiger partial charge in [0.05, 0.1) is 0 Å². The van der Waals surface area contributed by atoms with Crippen molar-refractivity contribution in [3.63, 3.8) is 0 Å². The average Bonchev–Trinajstić information content (AvgIpc) is 2.82. The molecule has 2 fully saturated rings. The second kappa shape index (κ2) is 9.58. The fourth-order valence-corrected chi connectivity index (χ4v) is 5.97. The highest BCUT2D eigenvalue weighted by Gasteiger charge is 2.35. The van der Waals surface area contributed by atoms with E-state index in [0.29, 0.717) is 50.9 Å². The summed E-state index contributed by atoms with van der Waals surface area (Å²) in [4.78, 5) is 14.3. The van der Waals surface area contributed by atoms with E-state index >= 15 is 0 Å². The number of piperazine rings is 1. The van der Waals surface area contributed by atoms with Gasteiger partial charge in [0.2, 0.25) is 5.91 Å². The van der Waals surface area contributed by atoms with Crippen LogP contribution in [0.15, 0.2) is 24.3 Å². The largest absolute Gasteiger partial charge is 0.486 e. The quantitative estimate of drug-likeness (QED) is 0.644. The van der Waals surface area contributed by atoms with Gasteiger partial charge in [-0.2, -0.15) is 17.0 Å². The Bertz CT molecular complexity index is 919. The molecular weight excluding hydrogens is 418 g/mol. The maximum atomic E-state index is 13.0. The molecule has 0 unspecified atom stereocenters. The standard InChI is InChI=1S/C22H31N3O5S/c1-23(19-5-3-2-4-6-19)31(27,28)25-13-11-24(12-14-25)22(26)10-8-18-7-9-20-21(17-18)30-16-15-29-20/h7-10,17,19H,2-6,11-16H2,1H3/b10-8+.